The van der Waals surface area contributed by atoms with Gasteiger partial charge >= 0.3 is 0 Å². The van der Waals surface area contributed by atoms with Crippen molar-refractivity contribution in [1.29, 1.82) is 0 Å². The number of allylic oxidation sites excluding steroid dienone is 2. The van der Waals surface area contributed by atoms with Crippen LogP contribution in [0.4, 0.5) is 0 Å². The van der Waals surface area contributed by atoms with Gasteiger partial charge in [-0.1, -0.05) is 26.7 Å². The lowest BCUT2D eigenvalue weighted by Crippen LogP contribution is -1.87. The molecule has 0 aromatic carbocycles. The van der Waals surface area contributed by atoms with E-state index < -0.39 is 0 Å². The number of rotatable bonds is 5. The van der Waals surface area contributed by atoms with E-state index in [0.29, 0.717) is 5.76 Å². The Morgan fingerprint density at radius 2 is 1.82 bits per heavy atom. The molecule has 0 aromatic rings. The molecular weight excluding hydrogens is 136 g/mol. The molecule has 0 spiro atoms. The monoisotopic (exact) mass is 156 g/mol. The Hall–Kier alpha value is -0.460. The minimum atomic E-state index is 0.531. The molecule has 1 nitrogen and oxygen atoms in total. The van der Waals surface area contributed by atoms with Crippen LogP contribution in [-0.4, -0.2) is 5.11 Å². The summed E-state index contributed by atoms with van der Waals surface area (Å²) >= 11 is 0. The maximum Gasteiger partial charge on any atom is 0.0883 e. The molecule has 0 aliphatic carbocycles. The zero-order valence-corrected chi connectivity index (χ0v) is 7.98. The third kappa shape index (κ3) is 4.88. The van der Waals surface area contributed by atoms with Gasteiger partial charge in [-0.25, -0.2) is 0 Å². The van der Waals surface area contributed by atoms with Gasteiger partial charge in [0.2, 0.25) is 0 Å². The smallest absolute Gasteiger partial charge is 0.0883 e. The lowest BCUT2D eigenvalue weighted by atomic mass is 10.0. The number of unbranched alkanes of at least 4 members (excludes halogenated alkanes) is 2. The van der Waals surface area contributed by atoms with Gasteiger partial charge in [-0.05, 0) is 31.8 Å². The summed E-state index contributed by atoms with van der Waals surface area (Å²) < 4.78 is 0. The van der Waals surface area contributed by atoms with Crippen LogP contribution in [0.1, 0.15) is 52.9 Å². The molecule has 0 fully saturated rings. The molecule has 0 rings (SSSR count). The molecule has 0 aromatic heterocycles. The molecule has 0 aliphatic rings. The van der Waals surface area contributed by atoms with Crippen LogP contribution in [0.2, 0.25) is 0 Å². The second-order valence-electron chi connectivity index (χ2n) is 3.00. The van der Waals surface area contributed by atoms with E-state index in [-0.39, 0.29) is 0 Å². The topological polar surface area (TPSA) is 20.2 Å². The van der Waals surface area contributed by atoms with Crippen LogP contribution < -0.4 is 0 Å². The highest BCUT2D eigenvalue weighted by molar-refractivity contribution is 5.04. The molecule has 1 N–H and O–H groups in total. The Morgan fingerprint density at radius 1 is 1.18 bits per heavy atom. The Bertz CT molecular complexity index is 121. The van der Waals surface area contributed by atoms with Crippen LogP contribution in [0.3, 0.4) is 0 Å². The Kier molecular flexibility index (Phi) is 6.00. The van der Waals surface area contributed by atoms with Crippen molar-refractivity contribution in [1.82, 2.24) is 0 Å². The molecule has 0 saturated heterocycles. The van der Waals surface area contributed by atoms with Gasteiger partial charge in [0.15, 0.2) is 0 Å². The SMILES string of the molecule is CCCCCC(CC)=C(C)O. The Balaban J connectivity index is 3.63. The molecule has 66 valence electrons. The molecule has 0 saturated carbocycles. The van der Waals surface area contributed by atoms with Crippen LogP contribution in [0, 0.1) is 0 Å². The van der Waals surface area contributed by atoms with Crippen molar-refractivity contribution in [3.8, 4) is 0 Å². The summed E-state index contributed by atoms with van der Waals surface area (Å²) in [6.07, 6.45) is 5.81. The predicted octanol–water partition coefficient (Wildman–Crippen LogP) is 3.81. The number of aliphatic hydroxyl groups is 1. The fourth-order valence-electron chi connectivity index (χ4n) is 1.20. The van der Waals surface area contributed by atoms with Crippen LogP contribution in [-0.2, 0) is 0 Å². The molecule has 0 radical (unpaired) electrons. The van der Waals surface area contributed by atoms with E-state index in [9.17, 15) is 5.11 Å². The van der Waals surface area contributed by atoms with Gasteiger partial charge in [-0.15, -0.1) is 0 Å². The van der Waals surface area contributed by atoms with Gasteiger partial charge in [0.05, 0.1) is 5.76 Å². The van der Waals surface area contributed by atoms with E-state index in [0.717, 1.165) is 12.8 Å². The van der Waals surface area contributed by atoms with Crippen LogP contribution >= 0.6 is 0 Å². The zero-order chi connectivity index (χ0) is 8.69. The first-order valence-corrected chi connectivity index (χ1v) is 4.59. The van der Waals surface area contributed by atoms with E-state index >= 15 is 0 Å². The summed E-state index contributed by atoms with van der Waals surface area (Å²) in [5.41, 5.74) is 1.22. The molecule has 0 bridgehead atoms. The van der Waals surface area contributed by atoms with Gasteiger partial charge in [-0.3, -0.25) is 0 Å². The van der Waals surface area contributed by atoms with E-state index in [1.807, 2.05) is 0 Å². The first-order valence-electron chi connectivity index (χ1n) is 4.59. The lowest BCUT2D eigenvalue weighted by Gasteiger charge is -2.04. The average molecular weight is 156 g/mol. The predicted molar refractivity (Wildman–Crippen MR) is 49.8 cm³/mol. The number of hydrogen-bond donors (Lipinski definition) is 1. The average Bonchev–Trinajstić information content (AvgIpc) is 1.97. The summed E-state index contributed by atoms with van der Waals surface area (Å²) in [5.74, 6) is 0.531. The molecule has 0 atom stereocenters. The molecule has 0 amide bonds. The van der Waals surface area contributed by atoms with Crippen molar-refractivity contribution in [3.05, 3.63) is 11.3 Å². The second-order valence-corrected chi connectivity index (χ2v) is 3.00. The zero-order valence-electron chi connectivity index (χ0n) is 7.98. The standard InChI is InChI=1S/C10H20O/c1-4-6-7-8-10(5-2)9(3)11/h11H,4-8H2,1-3H3. The third-order valence-corrected chi connectivity index (χ3v) is 2.02. The molecular formula is C10H20O. The fourth-order valence-corrected chi connectivity index (χ4v) is 1.20. The normalized spacial score (nSPS) is 13.0. The maximum absolute atomic E-state index is 9.19. The van der Waals surface area contributed by atoms with Crippen LogP contribution in [0.5, 0.6) is 0 Å². The van der Waals surface area contributed by atoms with Crippen molar-refractivity contribution in [2.75, 3.05) is 0 Å². The minimum absolute atomic E-state index is 0.531. The second kappa shape index (κ2) is 6.26. The highest BCUT2D eigenvalue weighted by Gasteiger charge is 1.97. The van der Waals surface area contributed by atoms with Crippen LogP contribution in [0.25, 0.3) is 0 Å². The largest absolute Gasteiger partial charge is 0.513 e. The van der Waals surface area contributed by atoms with Gasteiger partial charge in [0.25, 0.3) is 0 Å². The van der Waals surface area contributed by atoms with Crippen molar-refractivity contribution in [3.63, 3.8) is 0 Å². The molecule has 0 aliphatic heterocycles. The summed E-state index contributed by atoms with van der Waals surface area (Å²) in [6.45, 7) is 6.08. The summed E-state index contributed by atoms with van der Waals surface area (Å²) in [7, 11) is 0. The molecule has 1 heteroatoms. The summed E-state index contributed by atoms with van der Waals surface area (Å²) in [4.78, 5) is 0. The minimum Gasteiger partial charge on any atom is -0.513 e. The highest BCUT2D eigenvalue weighted by atomic mass is 16.3. The van der Waals surface area contributed by atoms with Gasteiger partial charge in [-0.2, -0.15) is 0 Å². The first kappa shape index (κ1) is 10.5. The molecule has 0 unspecified atom stereocenters. The summed E-state index contributed by atoms with van der Waals surface area (Å²) in [5, 5.41) is 9.19. The van der Waals surface area contributed by atoms with Crippen molar-refractivity contribution < 1.29 is 5.11 Å². The lowest BCUT2D eigenvalue weighted by molar-refractivity contribution is 0.400. The van der Waals surface area contributed by atoms with Gasteiger partial charge in [0, 0.05) is 0 Å². The van der Waals surface area contributed by atoms with E-state index in [1.54, 1.807) is 6.92 Å². The molecule has 11 heavy (non-hydrogen) atoms. The molecule has 0 heterocycles. The fraction of sp³-hybridized carbons (Fsp3) is 0.800. The maximum atomic E-state index is 9.19. The Morgan fingerprint density at radius 3 is 2.18 bits per heavy atom. The number of aliphatic hydroxyl groups excluding tert-OH is 1. The van der Waals surface area contributed by atoms with E-state index in [1.165, 1.54) is 24.8 Å². The van der Waals surface area contributed by atoms with Crippen molar-refractivity contribution in [2.24, 2.45) is 0 Å². The van der Waals surface area contributed by atoms with Gasteiger partial charge in [0.1, 0.15) is 0 Å². The van der Waals surface area contributed by atoms with Crippen molar-refractivity contribution in [2.45, 2.75) is 52.9 Å². The van der Waals surface area contributed by atoms with E-state index in [2.05, 4.69) is 13.8 Å². The van der Waals surface area contributed by atoms with Gasteiger partial charge < -0.3 is 5.11 Å². The highest BCUT2D eigenvalue weighted by Crippen LogP contribution is 2.14. The quantitative estimate of drug-likeness (QED) is 0.474. The van der Waals surface area contributed by atoms with E-state index in [4.69, 9.17) is 0 Å². The third-order valence-electron chi connectivity index (χ3n) is 2.02. The summed E-state index contributed by atoms with van der Waals surface area (Å²) in [6, 6.07) is 0. The Labute approximate surface area is 70.1 Å². The van der Waals surface area contributed by atoms with Crippen LogP contribution in [0.15, 0.2) is 11.3 Å². The first-order chi connectivity index (χ1) is 5.22. The van der Waals surface area contributed by atoms with Crippen molar-refractivity contribution >= 4 is 0 Å². The number of hydrogen-bond acceptors (Lipinski definition) is 1.